The van der Waals surface area contributed by atoms with Gasteiger partial charge in [-0.1, -0.05) is 20.8 Å². The fourth-order valence-electron chi connectivity index (χ4n) is 3.72. The number of ether oxygens (including phenoxy) is 2. The molecule has 0 unspecified atom stereocenters. The maximum Gasteiger partial charge on any atom is 0.217 e. The molecule has 34 heavy (non-hydrogen) atoms. The molecule has 1 heterocycles. The third kappa shape index (κ3) is 8.71. The van der Waals surface area contributed by atoms with Gasteiger partial charge in [-0.25, -0.2) is 4.39 Å². The fraction of sp³-hybridized carbons (Fsp3) is 0.708. The SMILES string of the molecule is CC(=O)N[C@@H](Cc1cc(F)cc(SC(C)C)c1)[C@H](O)[C@H]1CO[C@@H](OCC(C)(CF)CF)[C@H](C)N1. The summed E-state index contributed by atoms with van der Waals surface area (Å²) in [4.78, 5) is 12.6. The maximum absolute atomic E-state index is 14.2. The molecule has 0 aliphatic carbocycles. The van der Waals surface area contributed by atoms with Crippen LogP contribution in [0.15, 0.2) is 23.1 Å². The Morgan fingerprint density at radius 2 is 2.03 bits per heavy atom. The second kappa shape index (κ2) is 13.1. The summed E-state index contributed by atoms with van der Waals surface area (Å²) in [6.07, 6.45) is -1.56. The molecule has 1 aromatic rings. The number of carbonyl (C=O) groups excluding carboxylic acids is 1. The van der Waals surface area contributed by atoms with Crippen LogP contribution in [0.5, 0.6) is 0 Å². The van der Waals surface area contributed by atoms with Crippen LogP contribution in [0.2, 0.25) is 0 Å². The molecule has 1 amide bonds. The average molecular weight is 507 g/mol. The molecule has 0 aromatic heterocycles. The van der Waals surface area contributed by atoms with Crippen LogP contribution in [-0.2, 0) is 20.7 Å². The van der Waals surface area contributed by atoms with Crippen molar-refractivity contribution in [3.05, 3.63) is 29.6 Å². The number of hydrogen-bond donors (Lipinski definition) is 3. The van der Waals surface area contributed by atoms with E-state index in [1.807, 2.05) is 19.9 Å². The van der Waals surface area contributed by atoms with Crippen LogP contribution < -0.4 is 10.6 Å². The first-order chi connectivity index (χ1) is 16.0. The summed E-state index contributed by atoms with van der Waals surface area (Å²) in [5.41, 5.74) is -0.572. The Morgan fingerprint density at radius 1 is 1.35 bits per heavy atom. The number of halogens is 3. The van der Waals surface area contributed by atoms with E-state index >= 15 is 0 Å². The molecule has 0 spiro atoms. The van der Waals surface area contributed by atoms with Crippen molar-refractivity contribution < 1.29 is 32.5 Å². The van der Waals surface area contributed by atoms with Crippen LogP contribution in [0.4, 0.5) is 13.2 Å². The molecule has 0 radical (unpaired) electrons. The van der Waals surface area contributed by atoms with Gasteiger partial charge in [-0.3, -0.25) is 13.6 Å². The number of alkyl halides is 2. The van der Waals surface area contributed by atoms with Gasteiger partial charge in [-0.2, -0.15) is 0 Å². The summed E-state index contributed by atoms with van der Waals surface area (Å²) in [5.74, 6) is -0.696. The molecule has 5 atom stereocenters. The van der Waals surface area contributed by atoms with E-state index in [-0.39, 0.29) is 42.7 Å². The van der Waals surface area contributed by atoms with Crippen molar-refractivity contribution in [2.45, 2.75) is 81.7 Å². The lowest BCUT2D eigenvalue weighted by atomic mass is 9.95. The Labute approximate surface area is 204 Å². The van der Waals surface area contributed by atoms with Gasteiger partial charge in [0.25, 0.3) is 0 Å². The highest BCUT2D eigenvalue weighted by atomic mass is 32.2. The van der Waals surface area contributed by atoms with Crippen molar-refractivity contribution in [1.29, 1.82) is 0 Å². The third-order valence-corrected chi connectivity index (χ3v) is 6.52. The molecule has 6 nitrogen and oxygen atoms in total. The number of aliphatic hydroxyl groups excluding tert-OH is 1. The topological polar surface area (TPSA) is 79.8 Å². The molecule has 3 N–H and O–H groups in total. The monoisotopic (exact) mass is 506 g/mol. The van der Waals surface area contributed by atoms with Crippen molar-refractivity contribution in [3.8, 4) is 0 Å². The van der Waals surface area contributed by atoms with Crippen LogP contribution in [0, 0.1) is 11.2 Å². The zero-order valence-electron chi connectivity index (χ0n) is 20.4. The van der Waals surface area contributed by atoms with Crippen LogP contribution in [0.3, 0.4) is 0 Å². The van der Waals surface area contributed by atoms with Gasteiger partial charge in [-0.15, -0.1) is 11.8 Å². The number of aliphatic hydroxyl groups is 1. The number of carbonyl (C=O) groups is 1. The normalized spacial score (nSPS) is 23.1. The molecular formula is C24H37F3N2O4S. The lowest BCUT2D eigenvalue weighted by Crippen LogP contribution is -2.62. The van der Waals surface area contributed by atoms with Gasteiger partial charge >= 0.3 is 0 Å². The van der Waals surface area contributed by atoms with Crippen molar-refractivity contribution in [3.63, 3.8) is 0 Å². The zero-order valence-corrected chi connectivity index (χ0v) is 21.3. The number of rotatable bonds is 12. The lowest BCUT2D eigenvalue weighted by molar-refractivity contribution is -0.205. The molecule has 1 aliphatic rings. The van der Waals surface area contributed by atoms with E-state index in [9.17, 15) is 23.1 Å². The summed E-state index contributed by atoms with van der Waals surface area (Å²) < 4.78 is 51.7. The molecule has 1 aliphatic heterocycles. The Bertz CT molecular complexity index is 797. The molecule has 1 fully saturated rings. The number of hydrogen-bond acceptors (Lipinski definition) is 6. The summed E-state index contributed by atoms with van der Waals surface area (Å²) in [5, 5.41) is 17.3. The molecule has 1 saturated heterocycles. The zero-order chi connectivity index (χ0) is 25.5. The third-order valence-electron chi connectivity index (χ3n) is 5.54. The molecule has 194 valence electrons. The van der Waals surface area contributed by atoms with Crippen LogP contribution in [-0.4, -0.2) is 73.3 Å². The van der Waals surface area contributed by atoms with E-state index in [1.54, 1.807) is 6.92 Å². The van der Waals surface area contributed by atoms with E-state index in [0.29, 0.717) is 5.56 Å². The number of benzene rings is 1. The molecule has 0 saturated carbocycles. The molecular weight excluding hydrogens is 469 g/mol. The maximum atomic E-state index is 14.2. The Hall–Kier alpha value is -1.33. The summed E-state index contributed by atoms with van der Waals surface area (Å²) in [7, 11) is 0. The summed E-state index contributed by atoms with van der Waals surface area (Å²) >= 11 is 1.53. The highest BCUT2D eigenvalue weighted by Gasteiger charge is 2.37. The first-order valence-corrected chi connectivity index (χ1v) is 12.4. The van der Waals surface area contributed by atoms with E-state index in [0.717, 1.165) is 4.90 Å². The van der Waals surface area contributed by atoms with Crippen molar-refractivity contribution in [2.24, 2.45) is 5.41 Å². The molecule has 1 aromatic carbocycles. The van der Waals surface area contributed by atoms with Crippen molar-refractivity contribution >= 4 is 17.7 Å². The van der Waals surface area contributed by atoms with Crippen molar-refractivity contribution in [1.82, 2.24) is 10.6 Å². The average Bonchev–Trinajstić information content (AvgIpc) is 2.76. The first kappa shape index (κ1) is 28.9. The van der Waals surface area contributed by atoms with Gasteiger partial charge in [0, 0.05) is 22.5 Å². The lowest BCUT2D eigenvalue weighted by Gasteiger charge is -2.40. The van der Waals surface area contributed by atoms with E-state index in [4.69, 9.17) is 9.47 Å². The first-order valence-electron chi connectivity index (χ1n) is 11.5. The number of morpholine rings is 1. The van der Waals surface area contributed by atoms with Crippen molar-refractivity contribution in [2.75, 3.05) is 26.6 Å². The number of amides is 1. The van der Waals surface area contributed by atoms with Gasteiger partial charge in [0.15, 0.2) is 6.29 Å². The quantitative estimate of drug-likeness (QED) is 0.377. The Kier molecular flexibility index (Phi) is 11.1. The minimum atomic E-state index is -1.23. The van der Waals surface area contributed by atoms with Crippen LogP contribution in [0.1, 0.15) is 40.2 Å². The minimum absolute atomic E-state index is 0.0613. The summed E-state index contributed by atoms with van der Waals surface area (Å²) in [6, 6.07) is 3.11. The molecule has 0 bridgehead atoms. The van der Waals surface area contributed by atoms with Crippen LogP contribution >= 0.6 is 11.8 Å². The van der Waals surface area contributed by atoms with Gasteiger partial charge < -0.3 is 25.2 Å². The van der Waals surface area contributed by atoms with E-state index in [2.05, 4.69) is 10.6 Å². The molecule has 2 rings (SSSR count). The van der Waals surface area contributed by atoms with Gasteiger partial charge in [0.2, 0.25) is 5.91 Å². The predicted molar refractivity (Wildman–Crippen MR) is 127 cm³/mol. The smallest absolute Gasteiger partial charge is 0.217 e. The van der Waals surface area contributed by atoms with Gasteiger partial charge in [0.05, 0.1) is 50.8 Å². The largest absolute Gasteiger partial charge is 0.389 e. The second-order valence-electron chi connectivity index (χ2n) is 9.62. The summed E-state index contributed by atoms with van der Waals surface area (Å²) in [6.45, 7) is 6.83. The molecule has 10 heteroatoms. The minimum Gasteiger partial charge on any atom is -0.389 e. The fourth-order valence-corrected chi connectivity index (χ4v) is 4.67. The second-order valence-corrected chi connectivity index (χ2v) is 11.3. The van der Waals surface area contributed by atoms with Crippen LogP contribution in [0.25, 0.3) is 0 Å². The highest BCUT2D eigenvalue weighted by molar-refractivity contribution is 7.99. The Morgan fingerprint density at radius 3 is 2.59 bits per heavy atom. The Balaban J connectivity index is 2.06. The van der Waals surface area contributed by atoms with E-state index < -0.39 is 43.2 Å². The standard InChI is InChI=1S/C24H37F3N2O4S/c1-14(2)34-19-7-17(6-18(27)9-19)8-20(29-16(4)30)22(31)21-10-32-23(15(3)28-21)33-13-24(5,11-25)12-26/h6-7,9,14-15,20-23,28,31H,8,10-13H2,1-5H3,(H,29,30)/t15-,20-,21+,22-,23-/m0/s1. The number of nitrogens with one attached hydrogen (secondary N) is 2. The number of thioether (sulfide) groups is 1. The predicted octanol–water partition coefficient (Wildman–Crippen LogP) is 3.40. The van der Waals surface area contributed by atoms with E-state index in [1.165, 1.54) is 37.7 Å². The highest BCUT2D eigenvalue weighted by Crippen LogP contribution is 2.26. The van der Waals surface area contributed by atoms with Gasteiger partial charge in [0.1, 0.15) is 5.82 Å². The van der Waals surface area contributed by atoms with Gasteiger partial charge in [-0.05, 0) is 37.1 Å².